The van der Waals surface area contributed by atoms with Crippen molar-refractivity contribution in [1.29, 1.82) is 0 Å². The first-order chi connectivity index (χ1) is 23.0. The van der Waals surface area contributed by atoms with Gasteiger partial charge in [-0.05, 0) is 75.6 Å². The smallest absolute Gasteiger partial charge is 0.326 e. The number of carboxylic acids is 1. The molecule has 12 heteroatoms. The lowest BCUT2D eigenvalue weighted by Crippen LogP contribution is -2.59. The molecule has 1 saturated heterocycles. The van der Waals surface area contributed by atoms with Crippen molar-refractivity contribution in [2.45, 2.75) is 95.4 Å². The molecule has 12 nitrogen and oxygen atoms in total. The number of hydrogen-bond acceptors (Lipinski definition) is 7. The first kappa shape index (κ1) is 38.2. The summed E-state index contributed by atoms with van der Waals surface area (Å²) in [5, 5.41) is 21.2. The molecule has 0 aliphatic carbocycles. The van der Waals surface area contributed by atoms with Gasteiger partial charge < -0.3 is 37.0 Å². The Bertz CT molecular complexity index is 1340. The minimum atomic E-state index is -1.07. The van der Waals surface area contributed by atoms with Crippen LogP contribution in [0.25, 0.3) is 0 Å². The van der Waals surface area contributed by atoms with Gasteiger partial charge in [-0.15, -0.1) is 0 Å². The molecule has 5 atom stereocenters. The zero-order valence-corrected chi connectivity index (χ0v) is 28.3. The van der Waals surface area contributed by atoms with Gasteiger partial charge in [0.25, 0.3) is 0 Å². The monoisotopic (exact) mass is 664 g/mol. The molecule has 1 aliphatic heterocycles. The van der Waals surface area contributed by atoms with E-state index in [0.717, 1.165) is 24.1 Å². The third kappa shape index (κ3) is 12.1. The second-order valence-electron chi connectivity index (χ2n) is 12.9. The summed E-state index contributed by atoms with van der Waals surface area (Å²) in [4.78, 5) is 67.7. The van der Waals surface area contributed by atoms with Crippen molar-refractivity contribution in [3.8, 4) is 0 Å². The van der Waals surface area contributed by atoms with Crippen molar-refractivity contribution in [2.75, 3.05) is 20.1 Å². The maximum Gasteiger partial charge on any atom is 0.326 e. The lowest BCUT2D eigenvalue weighted by Gasteiger charge is -2.30. The Kier molecular flexibility index (Phi) is 15.5. The van der Waals surface area contributed by atoms with Crippen LogP contribution in [0.1, 0.15) is 63.5 Å². The predicted octanol–water partition coefficient (Wildman–Crippen LogP) is 1.76. The van der Waals surface area contributed by atoms with E-state index in [4.69, 9.17) is 5.73 Å². The van der Waals surface area contributed by atoms with Crippen LogP contribution in [0, 0.1) is 5.92 Å². The highest BCUT2D eigenvalue weighted by atomic mass is 16.4. The highest BCUT2D eigenvalue weighted by Crippen LogP contribution is 2.20. The topological polar surface area (TPSA) is 183 Å². The fraction of sp³-hybridized carbons (Fsp3) is 0.528. The Morgan fingerprint density at radius 2 is 1.38 bits per heavy atom. The van der Waals surface area contributed by atoms with Crippen LogP contribution in [0.2, 0.25) is 0 Å². The lowest BCUT2D eigenvalue weighted by molar-refractivity contribution is -0.149. The van der Waals surface area contributed by atoms with Crippen molar-refractivity contribution < 1.29 is 29.1 Å². The number of rotatable bonds is 19. The number of likely N-dealkylation sites (tertiary alicyclic amines) is 1. The molecule has 3 rings (SSSR count). The van der Waals surface area contributed by atoms with Crippen LogP contribution in [0.15, 0.2) is 60.7 Å². The van der Waals surface area contributed by atoms with Crippen LogP contribution in [0.5, 0.6) is 0 Å². The van der Waals surface area contributed by atoms with E-state index < -0.39 is 59.8 Å². The van der Waals surface area contributed by atoms with E-state index in [1.807, 2.05) is 81.6 Å². The zero-order valence-electron chi connectivity index (χ0n) is 28.3. The van der Waals surface area contributed by atoms with E-state index in [-0.39, 0.29) is 25.2 Å². The molecule has 48 heavy (non-hydrogen) atoms. The number of benzene rings is 2. The predicted molar refractivity (Wildman–Crippen MR) is 184 cm³/mol. The van der Waals surface area contributed by atoms with Crippen molar-refractivity contribution in [1.82, 2.24) is 26.2 Å². The molecule has 0 bridgehead atoms. The Morgan fingerprint density at radius 3 is 1.96 bits per heavy atom. The molecule has 0 unspecified atom stereocenters. The van der Waals surface area contributed by atoms with Crippen molar-refractivity contribution in [2.24, 2.45) is 11.7 Å². The Labute approximate surface area is 283 Å². The molecule has 262 valence electrons. The molecule has 0 saturated carbocycles. The molecule has 1 fully saturated rings. The largest absolute Gasteiger partial charge is 0.480 e. The molecular formula is C36H52N6O6. The fourth-order valence-corrected chi connectivity index (χ4v) is 5.94. The van der Waals surface area contributed by atoms with Gasteiger partial charge in [-0.2, -0.15) is 0 Å². The minimum absolute atomic E-state index is 0.00209. The highest BCUT2D eigenvalue weighted by Gasteiger charge is 2.38. The van der Waals surface area contributed by atoms with Crippen LogP contribution in [0.3, 0.4) is 0 Å². The molecule has 1 heterocycles. The fourth-order valence-electron chi connectivity index (χ4n) is 5.94. The number of hydrogen-bond donors (Lipinski definition) is 6. The molecule has 0 spiro atoms. The number of carbonyl (C=O) groups is 5. The number of aliphatic carboxylic acids is 1. The van der Waals surface area contributed by atoms with Crippen molar-refractivity contribution in [3.63, 3.8) is 0 Å². The number of amides is 4. The van der Waals surface area contributed by atoms with Crippen LogP contribution >= 0.6 is 0 Å². The van der Waals surface area contributed by atoms with E-state index in [1.54, 1.807) is 0 Å². The second kappa shape index (κ2) is 19.5. The van der Waals surface area contributed by atoms with Gasteiger partial charge in [-0.25, -0.2) is 4.79 Å². The van der Waals surface area contributed by atoms with Gasteiger partial charge in [0.05, 0.1) is 6.04 Å². The molecular weight excluding hydrogens is 612 g/mol. The van der Waals surface area contributed by atoms with Gasteiger partial charge in [0.15, 0.2) is 0 Å². The average molecular weight is 665 g/mol. The van der Waals surface area contributed by atoms with Crippen LogP contribution < -0.4 is 27.0 Å². The molecule has 0 radical (unpaired) electrons. The van der Waals surface area contributed by atoms with Crippen LogP contribution in [0.4, 0.5) is 0 Å². The molecule has 1 aliphatic rings. The minimum Gasteiger partial charge on any atom is -0.480 e. The average Bonchev–Trinajstić information content (AvgIpc) is 3.56. The van der Waals surface area contributed by atoms with Gasteiger partial charge in [-0.1, -0.05) is 74.5 Å². The summed E-state index contributed by atoms with van der Waals surface area (Å²) in [6.45, 7) is 4.87. The number of nitrogens with one attached hydrogen (secondary N) is 4. The van der Waals surface area contributed by atoms with Crippen LogP contribution in [-0.4, -0.2) is 90.0 Å². The van der Waals surface area contributed by atoms with Crippen molar-refractivity contribution in [3.05, 3.63) is 71.8 Å². The maximum absolute atomic E-state index is 13.9. The van der Waals surface area contributed by atoms with E-state index in [1.165, 1.54) is 4.90 Å². The molecule has 2 aromatic carbocycles. The Morgan fingerprint density at radius 1 is 0.812 bits per heavy atom. The standard InChI is InChI=1S/C36H52N6O6/c1-24(2)21-29(33(44)39-28(17-10-11-19-38-3)35(46)42-20-12-18-31(42)36(47)48)41-34(45)30(23-26-15-8-5-9-16-26)40-32(43)27(37)22-25-13-6-4-7-14-25/h4-9,13-16,24,27-31,38H,10-12,17-23,37H2,1-3H3,(H,39,44)(H,40,43)(H,41,45)(H,47,48)/t27-,28-,29-,30-,31+/m1/s1. The summed E-state index contributed by atoms with van der Waals surface area (Å²) in [7, 11) is 1.83. The quantitative estimate of drug-likeness (QED) is 0.123. The summed E-state index contributed by atoms with van der Waals surface area (Å²) >= 11 is 0. The van der Waals surface area contributed by atoms with Gasteiger partial charge in [0.2, 0.25) is 23.6 Å². The van der Waals surface area contributed by atoms with E-state index in [9.17, 15) is 29.1 Å². The van der Waals surface area contributed by atoms with Crippen LogP contribution in [-0.2, 0) is 36.8 Å². The molecule has 2 aromatic rings. The zero-order chi connectivity index (χ0) is 35.1. The lowest BCUT2D eigenvalue weighted by atomic mass is 9.99. The second-order valence-corrected chi connectivity index (χ2v) is 12.9. The number of nitrogens with zero attached hydrogens (tertiary/aromatic N) is 1. The van der Waals surface area contributed by atoms with E-state index in [0.29, 0.717) is 32.2 Å². The summed E-state index contributed by atoms with van der Waals surface area (Å²) < 4.78 is 0. The van der Waals surface area contributed by atoms with E-state index in [2.05, 4.69) is 21.3 Å². The molecule has 7 N–H and O–H groups in total. The summed E-state index contributed by atoms with van der Waals surface area (Å²) in [6.07, 6.45) is 3.37. The third-order valence-corrected chi connectivity index (χ3v) is 8.50. The number of carbonyl (C=O) groups excluding carboxylic acids is 4. The first-order valence-electron chi connectivity index (χ1n) is 16.9. The first-order valence-corrected chi connectivity index (χ1v) is 16.9. The van der Waals surface area contributed by atoms with Gasteiger partial charge in [0.1, 0.15) is 24.2 Å². The summed E-state index contributed by atoms with van der Waals surface area (Å²) in [5.74, 6) is -3.09. The SMILES string of the molecule is CNCCCC[C@@H](NC(=O)[C@@H](CC(C)C)NC(=O)[C@@H](Cc1ccccc1)NC(=O)[C@H](N)Cc1ccccc1)C(=O)N1CCC[C@H]1C(=O)O. The van der Waals surface area contributed by atoms with Crippen molar-refractivity contribution >= 4 is 29.6 Å². The van der Waals surface area contributed by atoms with E-state index >= 15 is 0 Å². The van der Waals surface area contributed by atoms with Gasteiger partial charge in [0, 0.05) is 13.0 Å². The van der Waals surface area contributed by atoms with Gasteiger partial charge >= 0.3 is 5.97 Å². The Hall–Kier alpha value is -4.29. The molecule has 0 aromatic heterocycles. The summed E-state index contributed by atoms with van der Waals surface area (Å²) in [6, 6.07) is 13.8. The summed E-state index contributed by atoms with van der Waals surface area (Å²) in [5.41, 5.74) is 7.94. The highest BCUT2D eigenvalue weighted by molar-refractivity contribution is 5.95. The third-order valence-electron chi connectivity index (χ3n) is 8.50. The molecule has 4 amide bonds. The maximum atomic E-state index is 13.9. The van der Waals surface area contributed by atoms with Gasteiger partial charge in [-0.3, -0.25) is 19.2 Å². The number of unbranched alkanes of at least 4 members (excludes halogenated alkanes) is 1. The Balaban J connectivity index is 1.79. The normalized spacial score (nSPS) is 16.9. The number of nitrogens with two attached hydrogens (primary N) is 1. The number of carboxylic acid groups (broad SMARTS) is 1.